The molecule has 0 unspecified atom stereocenters. The molecular formula is C33H37IrN2O3S-. The van der Waals surface area contributed by atoms with Crippen LogP contribution in [0.4, 0.5) is 0 Å². The molecule has 4 heterocycles. The molecule has 7 heteroatoms. The summed E-state index contributed by atoms with van der Waals surface area (Å²) in [6.07, 6.45) is 4.91. The molecule has 213 valence electrons. The average Bonchev–Trinajstić information content (AvgIpc) is 3.53. The molecule has 1 N–H and O–H groups in total. The van der Waals surface area contributed by atoms with Crippen LogP contribution in [0.5, 0.6) is 0 Å². The monoisotopic (exact) mass is 737 g/mol. The number of aromatic nitrogens is 2. The second kappa shape index (κ2) is 14.2. The minimum atomic E-state index is -2.27. The van der Waals surface area contributed by atoms with Crippen LogP contribution < -0.4 is 0 Å². The Morgan fingerprint density at radius 2 is 1.77 bits per heavy atom. The van der Waals surface area contributed by atoms with Gasteiger partial charge in [0.1, 0.15) is 0 Å². The van der Waals surface area contributed by atoms with Gasteiger partial charge >= 0.3 is 0 Å². The number of rotatable bonds is 8. The Morgan fingerprint density at radius 1 is 1.05 bits per heavy atom. The molecule has 0 bridgehead atoms. The number of carbonyl (C=O) groups excluding carboxylic acids is 1. The molecule has 5 nitrogen and oxygen atoms in total. The van der Waals surface area contributed by atoms with Crippen molar-refractivity contribution in [1.29, 1.82) is 0 Å². The minimum Gasteiger partial charge on any atom is -0.512 e. The van der Waals surface area contributed by atoms with Crippen LogP contribution in [0.1, 0.15) is 68.7 Å². The zero-order valence-corrected chi connectivity index (χ0v) is 26.7. The number of benzene rings is 1. The van der Waals surface area contributed by atoms with E-state index in [4.69, 9.17) is 13.5 Å². The number of nitrogens with zero attached hydrogens (tertiary/aromatic N) is 2. The fourth-order valence-electron chi connectivity index (χ4n) is 4.76. The van der Waals surface area contributed by atoms with Gasteiger partial charge in [0.05, 0.1) is 21.6 Å². The number of aliphatic hydroxyl groups is 1. The van der Waals surface area contributed by atoms with Gasteiger partial charge in [-0.15, -0.1) is 29.5 Å². The van der Waals surface area contributed by atoms with Gasteiger partial charge < -0.3 is 9.52 Å². The summed E-state index contributed by atoms with van der Waals surface area (Å²) in [5.41, 5.74) is 4.57. The van der Waals surface area contributed by atoms with E-state index in [1.807, 2.05) is 52.8 Å². The van der Waals surface area contributed by atoms with Crippen LogP contribution in [0.25, 0.3) is 43.5 Å². The summed E-state index contributed by atoms with van der Waals surface area (Å²) < 4.78 is 29.8. The third-order valence-corrected chi connectivity index (χ3v) is 8.29. The Bertz CT molecular complexity index is 1730. The molecule has 0 aliphatic heterocycles. The second-order valence-electron chi connectivity index (χ2n) is 9.71. The van der Waals surface area contributed by atoms with Crippen LogP contribution in [0.15, 0.2) is 58.0 Å². The summed E-state index contributed by atoms with van der Waals surface area (Å²) in [6, 6.07) is 14.2. The van der Waals surface area contributed by atoms with Gasteiger partial charge in [-0.05, 0) is 74.3 Å². The van der Waals surface area contributed by atoms with Gasteiger partial charge in [-0.2, -0.15) is 0 Å². The molecule has 0 saturated heterocycles. The molecular weight excluding hydrogens is 697 g/mol. The van der Waals surface area contributed by atoms with Crippen LogP contribution in [0, 0.1) is 31.7 Å². The molecule has 0 saturated carbocycles. The maximum atomic E-state index is 11.7. The number of fused-ring (bicyclic) bond motifs is 4. The number of allylic oxidation sites excluding steroid dienone is 2. The van der Waals surface area contributed by atoms with E-state index in [9.17, 15) is 9.90 Å². The first-order valence-electron chi connectivity index (χ1n) is 15.1. The molecule has 40 heavy (non-hydrogen) atoms. The first-order chi connectivity index (χ1) is 20.0. The number of thiophene rings is 1. The van der Waals surface area contributed by atoms with Crippen molar-refractivity contribution >= 4 is 49.4 Å². The quantitative estimate of drug-likeness (QED) is 0.0976. The number of ketones is 1. The van der Waals surface area contributed by atoms with Crippen molar-refractivity contribution in [2.75, 3.05) is 0 Å². The van der Waals surface area contributed by atoms with E-state index in [-0.39, 0.29) is 49.2 Å². The molecule has 0 aliphatic rings. The van der Waals surface area contributed by atoms with Crippen molar-refractivity contribution in [3.63, 3.8) is 0 Å². The Kier molecular flexibility index (Phi) is 9.67. The van der Waals surface area contributed by atoms with Crippen LogP contribution in [-0.2, 0) is 24.9 Å². The molecule has 1 aromatic carbocycles. The Morgan fingerprint density at radius 3 is 2.45 bits per heavy atom. The van der Waals surface area contributed by atoms with Gasteiger partial charge in [-0.3, -0.25) is 9.78 Å². The zero-order valence-electron chi connectivity index (χ0n) is 26.5. The minimum absolute atomic E-state index is 0. The number of carbonyl (C=O) groups is 1. The van der Waals surface area contributed by atoms with Gasteiger partial charge in [0, 0.05) is 53.2 Å². The van der Waals surface area contributed by atoms with Crippen LogP contribution in [-0.4, -0.2) is 20.9 Å². The van der Waals surface area contributed by atoms with Crippen molar-refractivity contribution in [2.24, 2.45) is 11.8 Å². The predicted molar refractivity (Wildman–Crippen MR) is 162 cm³/mol. The third kappa shape index (κ3) is 6.71. The van der Waals surface area contributed by atoms with E-state index >= 15 is 0 Å². The van der Waals surface area contributed by atoms with Crippen molar-refractivity contribution < 1.29 is 38.5 Å². The van der Waals surface area contributed by atoms with Gasteiger partial charge in [-0.25, -0.2) is 4.98 Å². The molecule has 1 radical (unpaired) electrons. The Labute approximate surface area is 258 Å². The first-order valence-corrected chi connectivity index (χ1v) is 14.4. The number of aliphatic hydroxyl groups excluding tert-OH is 1. The third-order valence-electron chi connectivity index (χ3n) is 7.23. The van der Waals surface area contributed by atoms with E-state index in [0.717, 1.165) is 63.5 Å². The Balaban J connectivity index is 0.000000274. The van der Waals surface area contributed by atoms with Crippen molar-refractivity contribution in [3.8, 4) is 11.3 Å². The molecule has 0 spiro atoms. The molecule has 4 aromatic heterocycles. The van der Waals surface area contributed by atoms with Gasteiger partial charge in [-0.1, -0.05) is 44.7 Å². The molecule has 0 amide bonds. The summed E-state index contributed by atoms with van der Waals surface area (Å²) >= 11 is 1.67. The molecule has 0 fully saturated rings. The van der Waals surface area contributed by atoms with E-state index in [1.54, 1.807) is 17.4 Å². The summed E-state index contributed by atoms with van der Waals surface area (Å²) in [5, 5.41) is 13.5. The number of aryl methyl sites for hydroxylation is 2. The SMILES string of the molecule is CCC(CC)C(=O)/C=C(\O)C(CC)CC.[2H]C([2H])([2H])c1ccc2c(n1)oc1c(-c3ccc4scc(C)c4n3)[c-]ccc12.[Ir]. The second-order valence-corrected chi connectivity index (χ2v) is 10.6. The van der Waals surface area contributed by atoms with Crippen LogP contribution in [0.3, 0.4) is 0 Å². The smallest absolute Gasteiger partial charge is 0.216 e. The summed E-state index contributed by atoms with van der Waals surface area (Å²) in [6.45, 7) is 7.84. The molecule has 5 rings (SSSR count). The van der Waals surface area contributed by atoms with Crippen molar-refractivity contribution in [1.82, 2.24) is 9.97 Å². The topological polar surface area (TPSA) is 76.2 Å². The number of hydrogen-bond acceptors (Lipinski definition) is 6. The largest absolute Gasteiger partial charge is 0.512 e. The molecule has 0 aliphatic carbocycles. The van der Waals surface area contributed by atoms with E-state index in [1.165, 1.54) is 12.1 Å². The first kappa shape index (κ1) is 27.3. The number of furan rings is 1. The fourth-order valence-corrected chi connectivity index (χ4v) is 5.64. The summed E-state index contributed by atoms with van der Waals surface area (Å²) in [4.78, 5) is 20.7. The van der Waals surface area contributed by atoms with E-state index in [0.29, 0.717) is 11.3 Å². The molecule has 0 atom stereocenters. The normalized spacial score (nSPS) is 13.2. The average molecular weight is 737 g/mol. The molecule has 5 aromatic rings. The van der Waals surface area contributed by atoms with Crippen molar-refractivity contribution in [2.45, 2.75) is 67.2 Å². The predicted octanol–water partition coefficient (Wildman–Crippen LogP) is 9.54. The maximum Gasteiger partial charge on any atom is 0.216 e. The standard InChI is InChI=1S/C20H13N2OS.C13H24O2.Ir/c1-11-10-24-17-9-8-16(22-18(11)17)15-5-3-4-13-14-7-6-12(2)21-20(14)23-19(13)15;1-5-10(6-2)12(14)9-13(15)11(7-3)8-4;/h3-4,6-10H,1-2H3;9-11,14H,5-8H2,1-4H3;/q-1;;/b;12-9-;/i2D3;;. The van der Waals surface area contributed by atoms with Gasteiger partial charge in [0.25, 0.3) is 0 Å². The fraction of sp³-hybridized carbons (Fsp3) is 0.364. The van der Waals surface area contributed by atoms with Gasteiger partial charge in [0.2, 0.25) is 5.71 Å². The van der Waals surface area contributed by atoms with E-state index in [2.05, 4.69) is 22.5 Å². The number of hydrogen-bond donors (Lipinski definition) is 1. The summed E-state index contributed by atoms with van der Waals surface area (Å²) in [5.74, 6) is 0.547. The van der Waals surface area contributed by atoms with Crippen LogP contribution in [0.2, 0.25) is 0 Å². The summed E-state index contributed by atoms with van der Waals surface area (Å²) in [7, 11) is 0. The Hall–Kier alpha value is -2.86. The van der Waals surface area contributed by atoms with Gasteiger partial charge in [0.15, 0.2) is 5.78 Å². The van der Waals surface area contributed by atoms with Crippen LogP contribution >= 0.6 is 11.3 Å². The van der Waals surface area contributed by atoms with Crippen molar-refractivity contribution in [3.05, 3.63) is 70.9 Å². The maximum absolute atomic E-state index is 11.7. The van der Waals surface area contributed by atoms with E-state index < -0.39 is 6.85 Å². The number of pyridine rings is 2. The zero-order chi connectivity index (χ0) is 30.6.